The average molecular weight is 357 g/mol. The van der Waals surface area contributed by atoms with Gasteiger partial charge >= 0.3 is 0 Å². The summed E-state index contributed by atoms with van der Waals surface area (Å²) in [4.78, 5) is 9.20. The third-order valence-electron chi connectivity index (χ3n) is 3.02. The van der Waals surface area contributed by atoms with Crippen molar-refractivity contribution in [2.75, 3.05) is 18.4 Å². The van der Waals surface area contributed by atoms with Gasteiger partial charge in [-0.15, -0.1) is 0 Å². The molecule has 0 bridgehead atoms. The molecule has 2 N–H and O–H groups in total. The summed E-state index contributed by atoms with van der Waals surface area (Å²) in [5, 5.41) is 13.5. The smallest absolute Gasteiger partial charge is 0.292 e. The van der Waals surface area contributed by atoms with E-state index in [1.165, 1.54) is 18.2 Å². The minimum Gasteiger partial charge on any atom is -0.378 e. The van der Waals surface area contributed by atoms with Crippen LogP contribution in [0, 0.1) is 21.7 Å². The lowest BCUT2D eigenvalue weighted by Crippen LogP contribution is -2.30. The van der Waals surface area contributed by atoms with Crippen LogP contribution >= 0.6 is 0 Å². The highest BCUT2D eigenvalue weighted by Gasteiger charge is 2.23. The van der Waals surface area contributed by atoms with Crippen LogP contribution in [0.1, 0.15) is 0 Å². The Morgan fingerprint density at radius 1 is 1.00 bits per heavy atom. The van der Waals surface area contributed by atoms with Crippen LogP contribution in [0.5, 0.6) is 0 Å². The van der Waals surface area contributed by atoms with Crippen molar-refractivity contribution in [3.05, 3.63) is 64.2 Å². The number of rotatable bonds is 7. The number of para-hydroxylation sites is 2. The zero-order chi connectivity index (χ0) is 17.7. The molecule has 2 rings (SSSR count). The van der Waals surface area contributed by atoms with Crippen molar-refractivity contribution in [3.8, 4) is 0 Å². The standard InChI is InChI=1S/C14H13F2N3O4S/c15-10-4-3-5-11(16)14(10)24(22,23)18-9-8-17-12-6-1-2-7-13(12)19(20)21/h1-7,17-18H,8-9H2. The second-order valence-electron chi connectivity index (χ2n) is 4.65. The number of halogens is 2. The number of nitrogens with one attached hydrogen (secondary N) is 2. The Kier molecular flexibility index (Phi) is 5.42. The number of sulfonamides is 1. The molecule has 0 atom stereocenters. The van der Waals surface area contributed by atoms with Crippen molar-refractivity contribution in [3.63, 3.8) is 0 Å². The first-order valence-corrected chi connectivity index (χ1v) is 8.22. The number of benzene rings is 2. The van der Waals surface area contributed by atoms with Gasteiger partial charge in [0.05, 0.1) is 4.92 Å². The summed E-state index contributed by atoms with van der Waals surface area (Å²) in [6, 6.07) is 8.55. The molecule has 0 spiro atoms. The number of nitro groups is 1. The van der Waals surface area contributed by atoms with E-state index in [0.29, 0.717) is 0 Å². The fourth-order valence-corrected chi connectivity index (χ4v) is 3.14. The minimum atomic E-state index is -4.38. The maximum Gasteiger partial charge on any atom is 0.292 e. The van der Waals surface area contributed by atoms with Gasteiger partial charge < -0.3 is 5.32 Å². The van der Waals surface area contributed by atoms with E-state index in [2.05, 4.69) is 5.32 Å². The van der Waals surface area contributed by atoms with Gasteiger partial charge in [-0.1, -0.05) is 18.2 Å². The van der Waals surface area contributed by atoms with E-state index in [0.717, 1.165) is 18.2 Å². The Labute approximate surface area is 136 Å². The molecular weight excluding hydrogens is 344 g/mol. The number of hydrogen-bond donors (Lipinski definition) is 2. The fraction of sp³-hybridized carbons (Fsp3) is 0.143. The minimum absolute atomic E-state index is 0.0137. The molecule has 128 valence electrons. The molecule has 0 aliphatic rings. The second-order valence-corrected chi connectivity index (χ2v) is 6.35. The van der Waals surface area contributed by atoms with Crippen molar-refractivity contribution in [2.24, 2.45) is 0 Å². The largest absolute Gasteiger partial charge is 0.378 e. The third kappa shape index (κ3) is 4.03. The van der Waals surface area contributed by atoms with Gasteiger partial charge in [-0.05, 0) is 18.2 Å². The summed E-state index contributed by atoms with van der Waals surface area (Å²) in [5.41, 5.74) is 0.0410. The lowest BCUT2D eigenvalue weighted by molar-refractivity contribution is -0.384. The van der Waals surface area contributed by atoms with Crippen LogP contribution in [-0.2, 0) is 10.0 Å². The molecule has 0 fully saturated rings. The number of nitro benzene ring substituents is 1. The van der Waals surface area contributed by atoms with Crippen molar-refractivity contribution >= 4 is 21.4 Å². The van der Waals surface area contributed by atoms with E-state index in [1.807, 2.05) is 4.72 Å². The molecule has 0 amide bonds. The predicted octanol–water partition coefficient (Wildman–Crippen LogP) is 2.26. The van der Waals surface area contributed by atoms with Crippen molar-refractivity contribution in [1.82, 2.24) is 4.72 Å². The quantitative estimate of drug-likeness (QED) is 0.450. The molecule has 0 unspecified atom stereocenters. The number of anilines is 1. The molecule has 24 heavy (non-hydrogen) atoms. The van der Waals surface area contributed by atoms with E-state index in [-0.39, 0.29) is 24.5 Å². The van der Waals surface area contributed by atoms with Gasteiger partial charge in [-0.25, -0.2) is 21.9 Å². The van der Waals surface area contributed by atoms with Crippen LogP contribution in [0.15, 0.2) is 47.4 Å². The molecule has 0 saturated carbocycles. The maximum absolute atomic E-state index is 13.5. The lowest BCUT2D eigenvalue weighted by atomic mass is 10.2. The highest BCUT2D eigenvalue weighted by molar-refractivity contribution is 7.89. The van der Waals surface area contributed by atoms with Crippen LogP contribution < -0.4 is 10.0 Å². The van der Waals surface area contributed by atoms with Crippen LogP contribution in [0.4, 0.5) is 20.2 Å². The summed E-state index contributed by atoms with van der Waals surface area (Å²) in [7, 11) is -4.38. The molecule has 0 aliphatic heterocycles. The molecule has 0 saturated heterocycles. The SMILES string of the molecule is O=[N+]([O-])c1ccccc1NCCNS(=O)(=O)c1c(F)cccc1F. The van der Waals surface area contributed by atoms with E-state index < -0.39 is 31.5 Å². The molecule has 0 aliphatic carbocycles. The Morgan fingerprint density at radius 3 is 2.25 bits per heavy atom. The molecule has 0 aromatic heterocycles. The predicted molar refractivity (Wildman–Crippen MR) is 83.1 cm³/mol. The first-order chi connectivity index (χ1) is 11.3. The van der Waals surface area contributed by atoms with Crippen LogP contribution in [0.25, 0.3) is 0 Å². The molecular formula is C14H13F2N3O4S. The Hall–Kier alpha value is -2.59. The van der Waals surface area contributed by atoms with Crippen molar-refractivity contribution in [2.45, 2.75) is 4.90 Å². The van der Waals surface area contributed by atoms with Crippen LogP contribution in [0.3, 0.4) is 0 Å². The van der Waals surface area contributed by atoms with E-state index >= 15 is 0 Å². The molecule has 2 aromatic rings. The van der Waals surface area contributed by atoms with Gasteiger partial charge in [-0.2, -0.15) is 0 Å². The van der Waals surface area contributed by atoms with Crippen LogP contribution in [-0.4, -0.2) is 26.4 Å². The summed E-state index contributed by atoms with van der Waals surface area (Å²) in [5.74, 6) is -2.40. The molecule has 7 nitrogen and oxygen atoms in total. The third-order valence-corrected chi connectivity index (χ3v) is 4.53. The van der Waals surface area contributed by atoms with Gasteiger partial charge in [0.2, 0.25) is 10.0 Å². The van der Waals surface area contributed by atoms with Crippen molar-refractivity contribution < 1.29 is 22.1 Å². The van der Waals surface area contributed by atoms with Gasteiger partial charge in [0.1, 0.15) is 17.3 Å². The zero-order valence-electron chi connectivity index (χ0n) is 12.2. The topological polar surface area (TPSA) is 101 Å². The highest BCUT2D eigenvalue weighted by atomic mass is 32.2. The van der Waals surface area contributed by atoms with Gasteiger partial charge in [-0.3, -0.25) is 10.1 Å². The second kappa shape index (κ2) is 7.32. The fourth-order valence-electron chi connectivity index (χ4n) is 1.98. The summed E-state index contributed by atoms with van der Waals surface area (Å²) < 4.78 is 52.9. The zero-order valence-corrected chi connectivity index (χ0v) is 13.0. The molecule has 10 heteroatoms. The monoisotopic (exact) mass is 357 g/mol. The molecule has 2 aromatic carbocycles. The Bertz CT molecular complexity index is 839. The Balaban J connectivity index is 2.01. The molecule has 0 heterocycles. The normalized spacial score (nSPS) is 11.2. The first-order valence-electron chi connectivity index (χ1n) is 6.74. The van der Waals surface area contributed by atoms with E-state index in [9.17, 15) is 27.3 Å². The number of hydrogen-bond acceptors (Lipinski definition) is 5. The lowest BCUT2D eigenvalue weighted by Gasteiger charge is -2.10. The number of nitrogens with zero attached hydrogens (tertiary/aromatic N) is 1. The van der Waals surface area contributed by atoms with Crippen LogP contribution in [0.2, 0.25) is 0 Å². The maximum atomic E-state index is 13.5. The van der Waals surface area contributed by atoms with Crippen molar-refractivity contribution in [1.29, 1.82) is 0 Å². The average Bonchev–Trinajstić information content (AvgIpc) is 2.51. The summed E-state index contributed by atoms with van der Waals surface area (Å²) in [6.45, 7) is -0.234. The van der Waals surface area contributed by atoms with Gasteiger partial charge in [0.25, 0.3) is 5.69 Å². The van der Waals surface area contributed by atoms with E-state index in [4.69, 9.17) is 0 Å². The Morgan fingerprint density at radius 2 is 1.62 bits per heavy atom. The summed E-state index contributed by atoms with van der Waals surface area (Å²) in [6.07, 6.45) is 0. The summed E-state index contributed by atoms with van der Waals surface area (Å²) >= 11 is 0. The van der Waals surface area contributed by atoms with Gasteiger partial charge in [0.15, 0.2) is 4.90 Å². The highest BCUT2D eigenvalue weighted by Crippen LogP contribution is 2.22. The van der Waals surface area contributed by atoms with Gasteiger partial charge in [0, 0.05) is 19.2 Å². The molecule has 0 radical (unpaired) electrons. The first kappa shape index (κ1) is 17.8. The van der Waals surface area contributed by atoms with E-state index in [1.54, 1.807) is 6.07 Å².